The van der Waals surface area contributed by atoms with Crippen molar-refractivity contribution in [2.24, 2.45) is 5.92 Å². The standard InChI is InChI=1S/C24H30N2O4S2/c1-4-16-7-9-17(10-8-16)25-20(27)13-31-14-21(28)26-23-22(24(29)30-5-2)18-11-6-15(3)12-19(18)32-23/h7-10,15H,4-6,11-14H2,1-3H3,(H,25,27)(H,26,28). The number of rotatable bonds is 9. The van der Waals surface area contributed by atoms with Crippen molar-refractivity contribution in [2.45, 2.75) is 46.5 Å². The van der Waals surface area contributed by atoms with E-state index in [-0.39, 0.29) is 29.3 Å². The molecule has 1 aromatic carbocycles. The van der Waals surface area contributed by atoms with Crippen molar-refractivity contribution in [3.05, 3.63) is 45.8 Å². The summed E-state index contributed by atoms with van der Waals surface area (Å²) in [5, 5.41) is 6.29. The number of aryl methyl sites for hydroxylation is 1. The third-order valence-corrected chi connectivity index (χ3v) is 7.46. The second-order valence-electron chi connectivity index (χ2n) is 7.92. The number of fused-ring (bicyclic) bond motifs is 1. The van der Waals surface area contributed by atoms with E-state index in [9.17, 15) is 14.4 Å². The van der Waals surface area contributed by atoms with Crippen LogP contribution < -0.4 is 10.6 Å². The molecular weight excluding hydrogens is 444 g/mol. The molecule has 8 heteroatoms. The highest BCUT2D eigenvalue weighted by Crippen LogP contribution is 2.40. The molecule has 1 aliphatic carbocycles. The Labute approximate surface area is 197 Å². The number of hydrogen-bond donors (Lipinski definition) is 2. The molecule has 0 fully saturated rings. The number of amides is 2. The average Bonchev–Trinajstić information content (AvgIpc) is 3.11. The zero-order chi connectivity index (χ0) is 23.1. The Morgan fingerprint density at radius 2 is 1.78 bits per heavy atom. The number of thiophene rings is 1. The molecular formula is C24H30N2O4S2. The van der Waals surface area contributed by atoms with Crippen LogP contribution in [0, 0.1) is 5.92 Å². The first kappa shape index (κ1) is 24.3. The zero-order valence-corrected chi connectivity index (χ0v) is 20.4. The summed E-state index contributed by atoms with van der Waals surface area (Å²) in [7, 11) is 0. The van der Waals surface area contributed by atoms with Gasteiger partial charge in [0.25, 0.3) is 0 Å². The molecule has 1 aromatic heterocycles. The first-order valence-corrected chi connectivity index (χ1v) is 13.0. The van der Waals surface area contributed by atoms with Crippen LogP contribution in [-0.4, -0.2) is 35.9 Å². The van der Waals surface area contributed by atoms with Crippen molar-refractivity contribution in [1.29, 1.82) is 0 Å². The Kier molecular flexibility index (Phi) is 8.75. The maximum absolute atomic E-state index is 12.6. The minimum atomic E-state index is -0.379. The van der Waals surface area contributed by atoms with Gasteiger partial charge in [0.15, 0.2) is 0 Å². The van der Waals surface area contributed by atoms with Gasteiger partial charge in [0.05, 0.1) is 23.7 Å². The lowest BCUT2D eigenvalue weighted by Gasteiger charge is -2.18. The maximum Gasteiger partial charge on any atom is 0.341 e. The number of hydrogen-bond acceptors (Lipinski definition) is 6. The monoisotopic (exact) mass is 474 g/mol. The molecule has 1 heterocycles. The molecule has 1 unspecified atom stereocenters. The Balaban J connectivity index is 1.55. The third kappa shape index (κ3) is 6.36. The van der Waals surface area contributed by atoms with Gasteiger partial charge in [0.2, 0.25) is 11.8 Å². The summed E-state index contributed by atoms with van der Waals surface area (Å²) < 4.78 is 5.24. The van der Waals surface area contributed by atoms with Crippen LogP contribution in [0.25, 0.3) is 0 Å². The molecule has 0 radical (unpaired) electrons. The minimum Gasteiger partial charge on any atom is -0.462 e. The molecule has 0 saturated carbocycles. The molecule has 1 atom stereocenters. The maximum atomic E-state index is 12.6. The number of esters is 1. The predicted molar refractivity (Wildman–Crippen MR) is 132 cm³/mol. The van der Waals surface area contributed by atoms with Gasteiger partial charge in [-0.15, -0.1) is 23.1 Å². The van der Waals surface area contributed by atoms with Crippen LogP contribution >= 0.6 is 23.1 Å². The number of carbonyl (C=O) groups is 3. The van der Waals surface area contributed by atoms with Gasteiger partial charge >= 0.3 is 5.97 Å². The van der Waals surface area contributed by atoms with E-state index in [1.807, 2.05) is 24.3 Å². The smallest absolute Gasteiger partial charge is 0.341 e. The van der Waals surface area contributed by atoms with E-state index in [1.54, 1.807) is 6.92 Å². The SMILES string of the molecule is CCOC(=O)c1c(NC(=O)CSCC(=O)Nc2ccc(CC)cc2)sc2c1CCC(C)C2. The Morgan fingerprint density at radius 1 is 1.09 bits per heavy atom. The number of carbonyl (C=O) groups excluding carboxylic acids is 3. The van der Waals surface area contributed by atoms with Gasteiger partial charge in [-0.05, 0) is 61.8 Å². The summed E-state index contributed by atoms with van der Waals surface area (Å²) in [6, 6.07) is 7.73. The number of ether oxygens (including phenoxy) is 1. The Hall–Kier alpha value is -2.32. The highest BCUT2D eigenvalue weighted by atomic mass is 32.2. The molecule has 3 rings (SSSR count). The van der Waals surface area contributed by atoms with E-state index in [0.717, 1.165) is 41.8 Å². The molecule has 6 nitrogen and oxygen atoms in total. The fourth-order valence-corrected chi connectivity index (χ4v) is 5.71. The van der Waals surface area contributed by atoms with Crippen LogP contribution in [0.5, 0.6) is 0 Å². The van der Waals surface area contributed by atoms with Crippen LogP contribution in [0.3, 0.4) is 0 Å². The summed E-state index contributed by atoms with van der Waals surface area (Å²) in [6.45, 7) is 6.35. The molecule has 1 aliphatic rings. The van der Waals surface area contributed by atoms with Gasteiger partial charge in [-0.25, -0.2) is 4.79 Å². The molecule has 0 bridgehead atoms. The second kappa shape index (κ2) is 11.5. The summed E-state index contributed by atoms with van der Waals surface area (Å²) in [5.74, 6) is 0.102. The van der Waals surface area contributed by atoms with Crippen LogP contribution in [0.1, 0.15) is 53.6 Å². The van der Waals surface area contributed by atoms with Crippen molar-refractivity contribution in [2.75, 3.05) is 28.7 Å². The normalized spacial score (nSPS) is 15.0. The zero-order valence-electron chi connectivity index (χ0n) is 18.8. The lowest BCUT2D eigenvalue weighted by Crippen LogP contribution is -2.19. The quantitative estimate of drug-likeness (QED) is 0.504. The summed E-state index contributed by atoms with van der Waals surface area (Å²) in [6.07, 6.45) is 3.71. The number of anilines is 2. The van der Waals surface area contributed by atoms with Crippen molar-refractivity contribution in [1.82, 2.24) is 0 Å². The minimum absolute atomic E-state index is 0.128. The number of benzene rings is 1. The van der Waals surface area contributed by atoms with E-state index >= 15 is 0 Å². The van der Waals surface area contributed by atoms with Crippen molar-refractivity contribution in [3.63, 3.8) is 0 Å². The molecule has 172 valence electrons. The van der Waals surface area contributed by atoms with E-state index < -0.39 is 0 Å². The van der Waals surface area contributed by atoms with Gasteiger partial charge in [0.1, 0.15) is 5.00 Å². The lowest BCUT2D eigenvalue weighted by molar-refractivity contribution is -0.114. The average molecular weight is 475 g/mol. The van der Waals surface area contributed by atoms with Gasteiger partial charge in [-0.1, -0.05) is 26.0 Å². The largest absolute Gasteiger partial charge is 0.462 e. The van der Waals surface area contributed by atoms with E-state index in [0.29, 0.717) is 23.1 Å². The second-order valence-corrected chi connectivity index (χ2v) is 10.0. The van der Waals surface area contributed by atoms with Crippen LogP contribution in [0.4, 0.5) is 10.7 Å². The van der Waals surface area contributed by atoms with Crippen molar-refractivity contribution >= 4 is 51.6 Å². The highest BCUT2D eigenvalue weighted by molar-refractivity contribution is 8.00. The fraction of sp³-hybridized carbons (Fsp3) is 0.458. The number of nitrogens with one attached hydrogen (secondary N) is 2. The van der Waals surface area contributed by atoms with Crippen molar-refractivity contribution in [3.8, 4) is 0 Å². The van der Waals surface area contributed by atoms with E-state index in [4.69, 9.17) is 4.74 Å². The lowest BCUT2D eigenvalue weighted by atomic mass is 9.88. The van der Waals surface area contributed by atoms with E-state index in [2.05, 4.69) is 24.5 Å². The molecule has 32 heavy (non-hydrogen) atoms. The molecule has 2 aromatic rings. The predicted octanol–water partition coefficient (Wildman–Crippen LogP) is 4.92. The topological polar surface area (TPSA) is 84.5 Å². The highest BCUT2D eigenvalue weighted by Gasteiger charge is 2.29. The van der Waals surface area contributed by atoms with Gasteiger partial charge in [-0.3, -0.25) is 9.59 Å². The summed E-state index contributed by atoms with van der Waals surface area (Å²) in [4.78, 5) is 38.4. The molecule has 2 N–H and O–H groups in total. The van der Waals surface area contributed by atoms with Gasteiger partial charge < -0.3 is 15.4 Å². The van der Waals surface area contributed by atoms with Gasteiger partial charge in [0, 0.05) is 10.6 Å². The Morgan fingerprint density at radius 3 is 2.44 bits per heavy atom. The van der Waals surface area contributed by atoms with Gasteiger partial charge in [-0.2, -0.15) is 0 Å². The van der Waals surface area contributed by atoms with Crippen LogP contribution in [0.15, 0.2) is 24.3 Å². The first-order chi connectivity index (χ1) is 15.4. The molecule has 0 saturated heterocycles. The van der Waals surface area contributed by atoms with Crippen molar-refractivity contribution < 1.29 is 19.1 Å². The third-order valence-electron chi connectivity index (χ3n) is 5.36. The molecule has 0 aliphatic heterocycles. The van der Waals surface area contributed by atoms with E-state index in [1.165, 1.54) is 28.7 Å². The summed E-state index contributed by atoms with van der Waals surface area (Å²) >= 11 is 2.71. The first-order valence-electron chi connectivity index (χ1n) is 11.0. The van der Waals surface area contributed by atoms with Crippen LogP contribution in [0.2, 0.25) is 0 Å². The number of thioether (sulfide) groups is 1. The summed E-state index contributed by atoms with van der Waals surface area (Å²) in [5.41, 5.74) is 3.48. The molecule has 2 amide bonds. The fourth-order valence-electron chi connectivity index (χ4n) is 3.68. The molecule has 0 spiro atoms. The van der Waals surface area contributed by atoms with Crippen LogP contribution in [-0.2, 0) is 33.6 Å². The Bertz CT molecular complexity index is 969.